The molecule has 3 aliphatic rings. The Morgan fingerprint density at radius 1 is 1.21 bits per heavy atom. The summed E-state index contributed by atoms with van der Waals surface area (Å²) < 4.78 is 5.05. The Morgan fingerprint density at radius 2 is 1.90 bits per heavy atom. The molecule has 1 unspecified atom stereocenters. The van der Waals surface area contributed by atoms with Crippen LogP contribution in [-0.4, -0.2) is 42.8 Å². The van der Waals surface area contributed by atoms with Crippen LogP contribution in [0, 0.1) is 5.41 Å². The zero-order valence-electron chi connectivity index (χ0n) is 16.7. The summed E-state index contributed by atoms with van der Waals surface area (Å²) in [5.41, 5.74) is 2.43. The topological polar surface area (TPSA) is 75.7 Å². The van der Waals surface area contributed by atoms with Gasteiger partial charge in [0.15, 0.2) is 5.78 Å². The van der Waals surface area contributed by atoms with E-state index in [1.807, 2.05) is 4.90 Å². The van der Waals surface area contributed by atoms with Gasteiger partial charge in [-0.25, -0.2) is 4.79 Å². The van der Waals surface area contributed by atoms with E-state index in [0.717, 1.165) is 11.3 Å². The van der Waals surface area contributed by atoms with E-state index in [2.05, 4.69) is 19.2 Å². The standard InChI is InChI=1S/C22H23ClN2O4/c1-22(2)10-14-17(15(26)11-22)16(12-4-6-13(23)7-5-12)18(21(28)29-3)19-20(27)24-8-9-25(14)19/h4-7,16H,8-11H2,1-3H3,(H,24,27). The van der Waals surface area contributed by atoms with E-state index in [9.17, 15) is 14.4 Å². The molecule has 1 aliphatic carbocycles. The molecule has 0 radical (unpaired) electrons. The highest BCUT2D eigenvalue weighted by atomic mass is 35.5. The molecule has 4 rings (SSSR count). The molecule has 152 valence electrons. The fourth-order valence-electron chi connectivity index (χ4n) is 4.60. The minimum atomic E-state index is -0.659. The highest BCUT2D eigenvalue weighted by Gasteiger charge is 2.48. The first-order valence-corrected chi connectivity index (χ1v) is 10.0. The zero-order chi connectivity index (χ0) is 20.9. The molecule has 7 heteroatoms. The maximum atomic E-state index is 13.3. The van der Waals surface area contributed by atoms with Gasteiger partial charge < -0.3 is 15.0 Å². The van der Waals surface area contributed by atoms with Crippen molar-refractivity contribution in [2.24, 2.45) is 5.41 Å². The maximum absolute atomic E-state index is 13.3. The molecule has 2 aliphatic heterocycles. The van der Waals surface area contributed by atoms with Crippen LogP contribution in [0.15, 0.2) is 46.8 Å². The van der Waals surface area contributed by atoms with Crippen LogP contribution >= 0.6 is 11.6 Å². The number of fused-ring (bicyclic) bond motifs is 2. The third-order valence-electron chi connectivity index (χ3n) is 5.77. The number of hydrogen-bond acceptors (Lipinski definition) is 5. The Hall–Kier alpha value is -2.60. The first kappa shape index (κ1) is 19.7. The lowest BCUT2D eigenvalue weighted by atomic mass is 9.68. The van der Waals surface area contributed by atoms with Crippen LogP contribution in [0.2, 0.25) is 5.02 Å². The van der Waals surface area contributed by atoms with Gasteiger partial charge in [-0.2, -0.15) is 0 Å². The van der Waals surface area contributed by atoms with E-state index in [1.54, 1.807) is 24.3 Å². The molecular formula is C22H23ClN2O4. The fraction of sp³-hybridized carbons (Fsp3) is 0.409. The van der Waals surface area contributed by atoms with Crippen LogP contribution in [0.1, 0.15) is 38.2 Å². The summed E-state index contributed by atoms with van der Waals surface area (Å²) in [5.74, 6) is -1.58. The number of piperazine rings is 1. The van der Waals surface area contributed by atoms with E-state index in [0.29, 0.717) is 36.5 Å². The predicted octanol–water partition coefficient (Wildman–Crippen LogP) is 2.94. The van der Waals surface area contributed by atoms with Crippen LogP contribution in [0.5, 0.6) is 0 Å². The second-order valence-electron chi connectivity index (χ2n) is 8.45. The van der Waals surface area contributed by atoms with Crippen LogP contribution in [0.4, 0.5) is 0 Å². The van der Waals surface area contributed by atoms with Crippen molar-refractivity contribution in [3.05, 3.63) is 57.4 Å². The van der Waals surface area contributed by atoms with Gasteiger partial charge in [0.1, 0.15) is 5.70 Å². The smallest absolute Gasteiger partial charge is 0.337 e. The first-order chi connectivity index (χ1) is 13.7. The SMILES string of the molecule is COC(=O)C1=C2C(=O)NCCN2C2=C(C(=O)CC(C)(C)C2)C1c1ccc(Cl)cc1. The summed E-state index contributed by atoms with van der Waals surface area (Å²) >= 11 is 6.06. The number of carbonyl (C=O) groups excluding carboxylic acids is 3. The number of halogens is 1. The van der Waals surface area contributed by atoms with E-state index < -0.39 is 11.9 Å². The minimum absolute atomic E-state index is 0.00244. The molecule has 0 aromatic heterocycles. The molecular weight excluding hydrogens is 392 g/mol. The van der Waals surface area contributed by atoms with Crippen molar-refractivity contribution in [3.63, 3.8) is 0 Å². The van der Waals surface area contributed by atoms with Crippen molar-refractivity contribution in [1.29, 1.82) is 0 Å². The van der Waals surface area contributed by atoms with Gasteiger partial charge in [0.2, 0.25) is 0 Å². The number of esters is 1. The van der Waals surface area contributed by atoms with Crippen LogP contribution in [0.25, 0.3) is 0 Å². The van der Waals surface area contributed by atoms with Gasteiger partial charge in [-0.1, -0.05) is 37.6 Å². The van der Waals surface area contributed by atoms with Gasteiger partial charge in [0.05, 0.1) is 12.7 Å². The van der Waals surface area contributed by atoms with Crippen molar-refractivity contribution in [1.82, 2.24) is 10.2 Å². The van der Waals surface area contributed by atoms with Gasteiger partial charge in [0.25, 0.3) is 5.91 Å². The van der Waals surface area contributed by atoms with Gasteiger partial charge in [-0.15, -0.1) is 0 Å². The highest BCUT2D eigenvalue weighted by Crippen LogP contribution is 2.50. The number of rotatable bonds is 2. The van der Waals surface area contributed by atoms with Crippen molar-refractivity contribution in [3.8, 4) is 0 Å². The second kappa shape index (κ2) is 7.02. The normalized spacial score (nSPS) is 23.4. The minimum Gasteiger partial charge on any atom is -0.466 e. The van der Waals surface area contributed by atoms with E-state index in [-0.39, 0.29) is 28.4 Å². The number of methoxy groups -OCH3 is 1. The van der Waals surface area contributed by atoms with Crippen molar-refractivity contribution >= 4 is 29.3 Å². The highest BCUT2D eigenvalue weighted by molar-refractivity contribution is 6.30. The monoisotopic (exact) mass is 414 g/mol. The number of benzene rings is 1. The second-order valence-corrected chi connectivity index (χ2v) is 8.88. The maximum Gasteiger partial charge on any atom is 0.337 e. The number of nitrogens with one attached hydrogen (secondary N) is 1. The molecule has 1 saturated heterocycles. The molecule has 1 aromatic rings. The third kappa shape index (κ3) is 3.25. The Morgan fingerprint density at radius 3 is 2.55 bits per heavy atom. The zero-order valence-corrected chi connectivity index (χ0v) is 17.4. The summed E-state index contributed by atoms with van der Waals surface area (Å²) in [7, 11) is 1.29. The number of amides is 1. The number of Topliss-reactive ketones (excluding diaryl/α,β-unsaturated/α-hetero) is 1. The van der Waals surface area contributed by atoms with Crippen LogP contribution < -0.4 is 5.32 Å². The molecule has 1 atom stereocenters. The first-order valence-electron chi connectivity index (χ1n) is 9.63. The average Bonchev–Trinajstić information content (AvgIpc) is 2.67. The van der Waals surface area contributed by atoms with E-state index in [4.69, 9.17) is 16.3 Å². The Bertz CT molecular complexity index is 975. The summed E-state index contributed by atoms with van der Waals surface area (Å²) in [5, 5.41) is 3.38. The quantitative estimate of drug-likeness (QED) is 0.753. The Labute approximate surface area is 174 Å². The summed E-state index contributed by atoms with van der Waals surface area (Å²) in [4.78, 5) is 40.9. The molecule has 1 amide bonds. The third-order valence-corrected chi connectivity index (χ3v) is 6.02. The van der Waals surface area contributed by atoms with Crippen LogP contribution in [0.3, 0.4) is 0 Å². The van der Waals surface area contributed by atoms with Crippen LogP contribution in [-0.2, 0) is 19.1 Å². The lowest BCUT2D eigenvalue weighted by Crippen LogP contribution is -2.51. The molecule has 6 nitrogen and oxygen atoms in total. The summed E-state index contributed by atoms with van der Waals surface area (Å²) in [6, 6.07) is 7.04. The Balaban J connectivity index is 2.01. The number of ketones is 1. The number of nitrogens with zero attached hydrogens (tertiary/aromatic N) is 1. The average molecular weight is 415 g/mol. The largest absolute Gasteiger partial charge is 0.466 e. The fourth-order valence-corrected chi connectivity index (χ4v) is 4.73. The molecule has 0 saturated carbocycles. The van der Waals surface area contributed by atoms with Gasteiger partial charge >= 0.3 is 5.97 Å². The lowest BCUT2D eigenvalue weighted by molar-refractivity contribution is -0.137. The van der Waals surface area contributed by atoms with E-state index in [1.165, 1.54) is 7.11 Å². The molecule has 1 N–H and O–H groups in total. The van der Waals surface area contributed by atoms with Gasteiger partial charge in [-0.3, -0.25) is 9.59 Å². The van der Waals surface area contributed by atoms with Crippen molar-refractivity contribution in [2.75, 3.05) is 20.2 Å². The molecule has 1 fully saturated rings. The van der Waals surface area contributed by atoms with Gasteiger partial charge in [0, 0.05) is 41.7 Å². The lowest BCUT2D eigenvalue weighted by Gasteiger charge is -2.46. The summed E-state index contributed by atoms with van der Waals surface area (Å²) in [6.45, 7) is 5.06. The van der Waals surface area contributed by atoms with Crippen molar-refractivity contribution in [2.45, 2.75) is 32.6 Å². The molecule has 2 heterocycles. The number of ether oxygens (including phenoxy) is 1. The predicted molar refractivity (Wildman–Crippen MR) is 108 cm³/mol. The number of allylic oxidation sites excluding steroid dienone is 2. The van der Waals surface area contributed by atoms with E-state index >= 15 is 0 Å². The Kier molecular flexibility index (Phi) is 4.77. The molecule has 0 spiro atoms. The molecule has 29 heavy (non-hydrogen) atoms. The molecule has 1 aromatic carbocycles. The van der Waals surface area contributed by atoms with Gasteiger partial charge in [-0.05, 0) is 29.5 Å². The summed E-state index contributed by atoms with van der Waals surface area (Å²) in [6.07, 6.45) is 1.04. The van der Waals surface area contributed by atoms with Crippen molar-refractivity contribution < 1.29 is 19.1 Å². The number of carbonyl (C=O) groups is 3. The molecule has 0 bridgehead atoms. The number of hydrogen-bond donors (Lipinski definition) is 1.